The maximum atomic E-state index is 11.7. The maximum absolute atomic E-state index is 11.7. The third-order valence-electron chi connectivity index (χ3n) is 6.34. The molecule has 5 N–H and O–H groups in total. The number of para-hydroxylation sites is 1. The van der Waals surface area contributed by atoms with Crippen LogP contribution in [-0.2, 0) is 19.4 Å². The van der Waals surface area contributed by atoms with Gasteiger partial charge in [0.25, 0.3) is 5.91 Å². The number of aromatic nitrogens is 2. The van der Waals surface area contributed by atoms with Crippen LogP contribution >= 0.6 is 0 Å². The Balaban J connectivity index is 1.44. The van der Waals surface area contributed by atoms with Crippen molar-refractivity contribution >= 4 is 28.6 Å². The van der Waals surface area contributed by atoms with Crippen LogP contribution < -0.4 is 10.8 Å². The smallest absolute Gasteiger partial charge is 0.274 e. The highest BCUT2D eigenvalue weighted by atomic mass is 16.5. The molecule has 0 atom stereocenters. The molecule has 5 rings (SSSR count). The van der Waals surface area contributed by atoms with Crippen LogP contribution in [0.5, 0.6) is 11.8 Å². The van der Waals surface area contributed by atoms with Crippen LogP contribution in [0.1, 0.15) is 27.0 Å². The molecule has 0 aliphatic heterocycles. The number of nitrogens with one attached hydrogen (secondary N) is 2. The van der Waals surface area contributed by atoms with Gasteiger partial charge in [-0.2, -0.15) is 0 Å². The standard InChI is InChI=1S/C28H26N4O4/c33-26(31-36)20-11-9-18(10-12-20)13-19(15-29-22-14-21-5-1-4-8-25(21)30-16-22)17-32-27(34)23-6-2-3-7-24(23)28(32)35/h1-5,8-14,16,29,34-36H,6-7,15,17H2,(H,31,33). The van der Waals surface area contributed by atoms with Crippen molar-refractivity contribution < 1.29 is 20.2 Å². The summed E-state index contributed by atoms with van der Waals surface area (Å²) in [5.41, 5.74) is 6.93. The molecule has 4 aromatic rings. The van der Waals surface area contributed by atoms with Crippen molar-refractivity contribution in [3.8, 4) is 11.8 Å². The number of anilines is 1. The Morgan fingerprint density at radius 1 is 1.00 bits per heavy atom. The summed E-state index contributed by atoms with van der Waals surface area (Å²) in [6.45, 7) is 0.691. The molecule has 2 heterocycles. The highest BCUT2D eigenvalue weighted by Gasteiger charge is 2.23. The number of pyridine rings is 1. The summed E-state index contributed by atoms with van der Waals surface area (Å²) in [6, 6.07) is 16.7. The van der Waals surface area contributed by atoms with E-state index in [4.69, 9.17) is 5.21 Å². The largest absolute Gasteiger partial charge is 0.494 e. The maximum Gasteiger partial charge on any atom is 0.274 e. The van der Waals surface area contributed by atoms with E-state index in [1.807, 2.05) is 48.6 Å². The summed E-state index contributed by atoms with van der Waals surface area (Å²) < 4.78 is 1.53. The number of nitrogens with zero attached hydrogens (tertiary/aromatic N) is 2. The molecule has 0 saturated carbocycles. The summed E-state index contributed by atoms with van der Waals surface area (Å²) in [4.78, 5) is 16.2. The third-order valence-corrected chi connectivity index (χ3v) is 6.34. The first kappa shape index (κ1) is 23.2. The topological polar surface area (TPSA) is 120 Å². The Bertz CT molecular complexity index is 1450. The first-order chi connectivity index (χ1) is 17.5. The first-order valence-electron chi connectivity index (χ1n) is 11.6. The van der Waals surface area contributed by atoms with Crippen molar-refractivity contribution in [3.63, 3.8) is 0 Å². The summed E-state index contributed by atoms with van der Waals surface area (Å²) in [5, 5.41) is 35.0. The van der Waals surface area contributed by atoms with E-state index in [1.165, 1.54) is 4.57 Å². The number of amides is 1. The van der Waals surface area contributed by atoms with Gasteiger partial charge in [-0.25, -0.2) is 5.48 Å². The van der Waals surface area contributed by atoms with Gasteiger partial charge in [-0.15, -0.1) is 0 Å². The number of hydroxylamine groups is 1. The lowest BCUT2D eigenvalue weighted by atomic mass is 10.0. The van der Waals surface area contributed by atoms with E-state index in [0.29, 0.717) is 24.9 Å². The van der Waals surface area contributed by atoms with Crippen LogP contribution in [0.2, 0.25) is 0 Å². The molecule has 0 unspecified atom stereocenters. The van der Waals surface area contributed by atoms with Crippen LogP contribution in [0, 0.1) is 0 Å². The summed E-state index contributed by atoms with van der Waals surface area (Å²) in [5.74, 6) is -0.447. The van der Waals surface area contributed by atoms with Gasteiger partial charge >= 0.3 is 0 Å². The van der Waals surface area contributed by atoms with E-state index in [2.05, 4.69) is 10.3 Å². The lowest BCUT2D eigenvalue weighted by molar-refractivity contribution is 0.0706. The van der Waals surface area contributed by atoms with Crippen molar-refractivity contribution in [1.29, 1.82) is 0 Å². The fraction of sp³-hybridized carbons (Fsp3) is 0.143. The molecule has 8 heteroatoms. The number of rotatable bonds is 7. The number of hydrogen-bond acceptors (Lipinski definition) is 6. The fourth-order valence-corrected chi connectivity index (χ4v) is 4.45. The summed E-state index contributed by atoms with van der Waals surface area (Å²) in [6.07, 6.45) is 8.85. The predicted molar refractivity (Wildman–Crippen MR) is 138 cm³/mol. The van der Waals surface area contributed by atoms with E-state index in [-0.39, 0.29) is 18.3 Å². The molecule has 0 spiro atoms. The van der Waals surface area contributed by atoms with E-state index < -0.39 is 5.91 Å². The number of benzene rings is 2. The zero-order valence-corrected chi connectivity index (χ0v) is 19.5. The van der Waals surface area contributed by atoms with Gasteiger partial charge in [-0.1, -0.05) is 48.6 Å². The van der Waals surface area contributed by atoms with Gasteiger partial charge in [0.05, 0.1) is 23.9 Å². The zero-order valence-electron chi connectivity index (χ0n) is 19.5. The van der Waals surface area contributed by atoms with Gasteiger partial charge in [0.2, 0.25) is 0 Å². The zero-order chi connectivity index (χ0) is 25.1. The number of aromatic hydroxyl groups is 2. The molecule has 1 amide bonds. The van der Waals surface area contributed by atoms with Gasteiger partial charge < -0.3 is 15.5 Å². The Morgan fingerprint density at radius 2 is 1.69 bits per heavy atom. The normalized spacial score (nSPS) is 13.0. The number of fused-ring (bicyclic) bond motifs is 2. The van der Waals surface area contributed by atoms with Gasteiger partial charge in [0.15, 0.2) is 11.8 Å². The molecule has 1 aliphatic rings. The molecule has 2 aromatic carbocycles. The van der Waals surface area contributed by atoms with Crippen LogP contribution in [0.15, 0.2) is 78.5 Å². The number of allylic oxidation sites excluding steroid dienone is 2. The van der Waals surface area contributed by atoms with Crippen LogP contribution in [0.25, 0.3) is 17.0 Å². The molecule has 0 bridgehead atoms. The van der Waals surface area contributed by atoms with Gasteiger partial charge in [-0.3, -0.25) is 19.6 Å². The van der Waals surface area contributed by atoms with Crippen LogP contribution in [0.4, 0.5) is 5.69 Å². The third kappa shape index (κ3) is 4.67. The van der Waals surface area contributed by atoms with Crippen molar-refractivity contribution in [1.82, 2.24) is 15.0 Å². The van der Waals surface area contributed by atoms with E-state index in [9.17, 15) is 15.0 Å². The minimum absolute atomic E-state index is 0.0695. The Kier molecular flexibility index (Phi) is 6.42. The van der Waals surface area contributed by atoms with Crippen molar-refractivity contribution in [2.75, 3.05) is 11.9 Å². The van der Waals surface area contributed by atoms with Crippen molar-refractivity contribution in [2.45, 2.75) is 19.4 Å². The summed E-state index contributed by atoms with van der Waals surface area (Å²) >= 11 is 0. The molecule has 36 heavy (non-hydrogen) atoms. The molecule has 0 saturated heterocycles. The Hall–Kier alpha value is -4.56. The van der Waals surface area contributed by atoms with Crippen LogP contribution in [-0.4, -0.2) is 37.4 Å². The van der Waals surface area contributed by atoms with Crippen molar-refractivity contribution in [2.24, 2.45) is 0 Å². The number of hydrogen-bond donors (Lipinski definition) is 5. The lowest BCUT2D eigenvalue weighted by Gasteiger charge is -2.14. The summed E-state index contributed by atoms with van der Waals surface area (Å²) in [7, 11) is 0. The SMILES string of the molecule is O=C(NO)c1ccc(C=C(CNc2cnc3ccccc3c2)Cn2c(O)c3c(c2O)CC=CC3)cc1. The minimum Gasteiger partial charge on any atom is -0.494 e. The minimum atomic E-state index is -0.586. The molecule has 1 aliphatic carbocycles. The molecular formula is C28H26N4O4. The number of carbonyl (C=O) groups is 1. The monoisotopic (exact) mass is 482 g/mol. The highest BCUT2D eigenvalue weighted by Crippen LogP contribution is 2.37. The molecule has 182 valence electrons. The fourth-order valence-electron chi connectivity index (χ4n) is 4.45. The average molecular weight is 483 g/mol. The Labute approximate surface area is 207 Å². The second-order valence-electron chi connectivity index (χ2n) is 8.71. The van der Waals surface area contributed by atoms with E-state index >= 15 is 0 Å². The second-order valence-corrected chi connectivity index (χ2v) is 8.71. The molecule has 8 nitrogen and oxygen atoms in total. The molecule has 2 aromatic heterocycles. The highest BCUT2D eigenvalue weighted by molar-refractivity contribution is 5.93. The lowest BCUT2D eigenvalue weighted by Crippen LogP contribution is -2.18. The molecule has 0 fully saturated rings. The first-order valence-corrected chi connectivity index (χ1v) is 11.6. The average Bonchev–Trinajstić information content (AvgIpc) is 3.16. The predicted octanol–water partition coefficient (Wildman–Crippen LogP) is 4.42. The van der Waals surface area contributed by atoms with Gasteiger partial charge in [0.1, 0.15) is 0 Å². The second kappa shape index (κ2) is 9.97. The molecule has 0 radical (unpaired) electrons. The quantitative estimate of drug-likeness (QED) is 0.151. The molecular weight excluding hydrogens is 456 g/mol. The van der Waals surface area contributed by atoms with E-state index in [0.717, 1.165) is 38.9 Å². The van der Waals surface area contributed by atoms with Gasteiger partial charge in [-0.05, 0) is 48.2 Å². The van der Waals surface area contributed by atoms with E-state index in [1.54, 1.807) is 35.9 Å². The number of carbonyl (C=O) groups excluding carboxylic acids is 1. The van der Waals surface area contributed by atoms with Gasteiger partial charge in [0, 0.05) is 28.6 Å². The van der Waals surface area contributed by atoms with Crippen LogP contribution in [0.3, 0.4) is 0 Å². The van der Waals surface area contributed by atoms with Crippen molar-refractivity contribution in [3.05, 3.63) is 101 Å². The Morgan fingerprint density at radius 3 is 2.39 bits per heavy atom.